The lowest BCUT2D eigenvalue weighted by Crippen LogP contribution is -2.12. The van der Waals surface area contributed by atoms with Gasteiger partial charge in [0, 0.05) is 11.1 Å². The van der Waals surface area contributed by atoms with Gasteiger partial charge in [0.25, 0.3) is 0 Å². The summed E-state index contributed by atoms with van der Waals surface area (Å²) in [5, 5.41) is 9.69. The number of thioether (sulfide) groups is 1. The zero-order chi connectivity index (χ0) is 16.4. The Morgan fingerprint density at radius 2 is 2.17 bits per heavy atom. The zero-order valence-electron chi connectivity index (χ0n) is 13.3. The van der Waals surface area contributed by atoms with Crippen molar-refractivity contribution >= 4 is 23.5 Å². The fraction of sp³-hybridized carbons (Fsp3) is 0.375. The van der Waals surface area contributed by atoms with Crippen molar-refractivity contribution in [2.24, 2.45) is 0 Å². The third-order valence-corrected chi connectivity index (χ3v) is 4.73. The molecule has 6 nitrogen and oxygen atoms in total. The summed E-state index contributed by atoms with van der Waals surface area (Å²) >= 11 is 1.55. The molecule has 0 radical (unpaired) electrons. The van der Waals surface area contributed by atoms with Gasteiger partial charge in [-0.15, -0.1) is 11.8 Å². The molecule has 1 aromatic heterocycles. The first-order chi connectivity index (χ1) is 11.1. The molecule has 0 aliphatic carbocycles. The van der Waals surface area contributed by atoms with E-state index in [2.05, 4.69) is 15.5 Å². The second-order valence-electron chi connectivity index (χ2n) is 5.48. The second-order valence-corrected chi connectivity index (χ2v) is 6.58. The first-order valence-corrected chi connectivity index (χ1v) is 8.43. The van der Waals surface area contributed by atoms with Gasteiger partial charge in [-0.3, -0.25) is 9.89 Å². The van der Waals surface area contributed by atoms with E-state index in [9.17, 15) is 4.79 Å². The van der Waals surface area contributed by atoms with E-state index in [1.54, 1.807) is 25.1 Å². The van der Waals surface area contributed by atoms with Crippen LogP contribution in [0, 0.1) is 0 Å². The summed E-state index contributed by atoms with van der Waals surface area (Å²) in [4.78, 5) is 11.9. The summed E-state index contributed by atoms with van der Waals surface area (Å²) in [6.07, 6.45) is 1.77. The fourth-order valence-corrected chi connectivity index (χ4v) is 3.65. The number of methoxy groups -OCH3 is 1. The second kappa shape index (κ2) is 6.54. The molecule has 1 amide bonds. The molecule has 0 bridgehead atoms. The normalized spacial score (nSPS) is 17.4. The number of hydrogen-bond donors (Lipinski definition) is 2. The highest BCUT2D eigenvalue weighted by Crippen LogP contribution is 2.46. The van der Waals surface area contributed by atoms with Gasteiger partial charge in [-0.2, -0.15) is 5.10 Å². The van der Waals surface area contributed by atoms with E-state index < -0.39 is 0 Å². The highest BCUT2D eigenvalue weighted by molar-refractivity contribution is 8.00. The number of nitrogens with zero attached hydrogens (tertiary/aromatic N) is 1. The molecule has 23 heavy (non-hydrogen) atoms. The van der Waals surface area contributed by atoms with E-state index in [1.165, 1.54) is 0 Å². The minimum Gasteiger partial charge on any atom is -0.493 e. The molecular weight excluding hydrogens is 314 g/mol. The van der Waals surface area contributed by atoms with Gasteiger partial charge >= 0.3 is 0 Å². The highest BCUT2D eigenvalue weighted by Gasteiger charge is 2.29. The van der Waals surface area contributed by atoms with Crippen LogP contribution in [-0.2, 0) is 4.79 Å². The summed E-state index contributed by atoms with van der Waals surface area (Å²) in [6.45, 7) is 3.95. The largest absolute Gasteiger partial charge is 0.493 e. The Bertz CT molecular complexity index is 714. The number of carbonyl (C=O) groups excluding carboxylic acids is 1. The minimum atomic E-state index is -0.0634. The summed E-state index contributed by atoms with van der Waals surface area (Å²) in [7, 11) is 1.63. The summed E-state index contributed by atoms with van der Waals surface area (Å²) in [5.74, 6) is 2.36. The van der Waals surface area contributed by atoms with Gasteiger partial charge in [0.05, 0.1) is 30.4 Å². The van der Waals surface area contributed by atoms with Crippen LogP contribution in [0.3, 0.4) is 0 Å². The Hall–Kier alpha value is -2.15. The van der Waals surface area contributed by atoms with Crippen molar-refractivity contribution < 1.29 is 14.3 Å². The smallest absolute Gasteiger partial charge is 0.235 e. The van der Waals surface area contributed by atoms with Gasteiger partial charge in [-0.1, -0.05) is 12.1 Å². The number of fused-ring (bicyclic) bond motifs is 1. The SMILES string of the molecule is COc1cccc([C@H]2SCC(=O)Nc3[nH]ncc32)c1OC(C)C. The summed E-state index contributed by atoms with van der Waals surface area (Å²) in [6, 6.07) is 5.81. The van der Waals surface area contributed by atoms with E-state index in [-0.39, 0.29) is 17.3 Å². The van der Waals surface area contributed by atoms with Crippen LogP contribution in [-0.4, -0.2) is 35.1 Å². The van der Waals surface area contributed by atoms with Crippen molar-refractivity contribution in [3.05, 3.63) is 35.5 Å². The standard InChI is InChI=1S/C16H19N3O3S/c1-9(2)22-14-10(5-4-6-12(14)21-3)15-11-7-17-19-16(11)18-13(20)8-23-15/h4-7,9,15H,8H2,1-3H3,(H2,17,18,19,20)/t15-/m1/s1. The average Bonchev–Trinajstić information content (AvgIpc) is 2.90. The molecule has 0 spiro atoms. The van der Waals surface area contributed by atoms with Crippen LogP contribution in [0.5, 0.6) is 11.5 Å². The number of amides is 1. The van der Waals surface area contributed by atoms with Crippen molar-refractivity contribution in [3.63, 3.8) is 0 Å². The molecular formula is C16H19N3O3S. The van der Waals surface area contributed by atoms with Crippen LogP contribution in [0.4, 0.5) is 5.82 Å². The molecule has 1 atom stereocenters. The Balaban J connectivity index is 2.10. The molecule has 0 unspecified atom stereocenters. The molecule has 122 valence electrons. The summed E-state index contributed by atoms with van der Waals surface area (Å²) < 4.78 is 11.5. The monoisotopic (exact) mass is 333 g/mol. The number of hydrogen-bond acceptors (Lipinski definition) is 5. The van der Waals surface area contributed by atoms with Crippen LogP contribution in [0.2, 0.25) is 0 Å². The highest BCUT2D eigenvalue weighted by atomic mass is 32.2. The zero-order valence-corrected chi connectivity index (χ0v) is 14.1. The third-order valence-electron chi connectivity index (χ3n) is 3.46. The van der Waals surface area contributed by atoms with E-state index in [1.807, 2.05) is 32.0 Å². The van der Waals surface area contributed by atoms with Gasteiger partial charge in [0.15, 0.2) is 11.5 Å². The molecule has 2 N–H and O–H groups in total. The van der Waals surface area contributed by atoms with Crippen LogP contribution in [0.15, 0.2) is 24.4 Å². The lowest BCUT2D eigenvalue weighted by molar-refractivity contribution is -0.113. The van der Waals surface area contributed by atoms with E-state index in [0.717, 1.165) is 11.1 Å². The molecule has 0 fully saturated rings. The van der Waals surface area contributed by atoms with Crippen molar-refractivity contribution in [3.8, 4) is 11.5 Å². The molecule has 1 aliphatic rings. The topological polar surface area (TPSA) is 76.2 Å². The lowest BCUT2D eigenvalue weighted by Gasteiger charge is -2.22. The van der Waals surface area contributed by atoms with Crippen molar-refractivity contribution in [2.45, 2.75) is 25.2 Å². The van der Waals surface area contributed by atoms with Crippen molar-refractivity contribution in [1.29, 1.82) is 0 Å². The fourth-order valence-electron chi connectivity index (χ4n) is 2.54. The summed E-state index contributed by atoms with van der Waals surface area (Å²) in [5.41, 5.74) is 1.91. The van der Waals surface area contributed by atoms with Crippen LogP contribution >= 0.6 is 11.8 Å². The van der Waals surface area contributed by atoms with E-state index in [4.69, 9.17) is 9.47 Å². The quantitative estimate of drug-likeness (QED) is 0.899. The van der Waals surface area contributed by atoms with Crippen LogP contribution in [0.25, 0.3) is 0 Å². The molecule has 0 saturated heterocycles. The number of nitrogens with one attached hydrogen (secondary N) is 2. The molecule has 7 heteroatoms. The average molecular weight is 333 g/mol. The maximum Gasteiger partial charge on any atom is 0.235 e. The van der Waals surface area contributed by atoms with Crippen molar-refractivity contribution in [1.82, 2.24) is 10.2 Å². The Morgan fingerprint density at radius 1 is 1.35 bits per heavy atom. The number of rotatable bonds is 4. The Labute approximate surface area is 138 Å². The predicted octanol–water partition coefficient (Wildman–Crippen LogP) is 2.98. The number of ether oxygens (including phenoxy) is 2. The number of benzene rings is 1. The Morgan fingerprint density at radius 3 is 2.91 bits per heavy atom. The molecule has 0 saturated carbocycles. The molecule has 1 aromatic carbocycles. The molecule has 2 heterocycles. The van der Waals surface area contributed by atoms with Crippen LogP contribution in [0.1, 0.15) is 30.2 Å². The van der Waals surface area contributed by atoms with E-state index in [0.29, 0.717) is 23.1 Å². The van der Waals surface area contributed by atoms with Gasteiger partial charge in [-0.25, -0.2) is 0 Å². The van der Waals surface area contributed by atoms with Crippen molar-refractivity contribution in [2.75, 3.05) is 18.2 Å². The first kappa shape index (κ1) is 15.7. The first-order valence-electron chi connectivity index (χ1n) is 7.38. The molecule has 3 rings (SSSR count). The molecule has 2 aromatic rings. The maximum atomic E-state index is 11.9. The lowest BCUT2D eigenvalue weighted by atomic mass is 10.0. The predicted molar refractivity (Wildman–Crippen MR) is 90.3 cm³/mol. The Kier molecular flexibility index (Phi) is 4.47. The number of anilines is 1. The number of H-pyrrole nitrogens is 1. The maximum absolute atomic E-state index is 11.9. The number of aromatic nitrogens is 2. The van der Waals surface area contributed by atoms with Gasteiger partial charge in [0.1, 0.15) is 5.82 Å². The molecule has 1 aliphatic heterocycles. The number of carbonyl (C=O) groups is 1. The van der Waals surface area contributed by atoms with E-state index >= 15 is 0 Å². The van der Waals surface area contributed by atoms with Gasteiger partial charge in [0.2, 0.25) is 5.91 Å². The third kappa shape index (κ3) is 3.14. The van der Waals surface area contributed by atoms with Gasteiger partial charge < -0.3 is 14.8 Å². The number of para-hydroxylation sites is 1. The number of aromatic amines is 1. The van der Waals surface area contributed by atoms with Crippen LogP contribution < -0.4 is 14.8 Å². The minimum absolute atomic E-state index is 0.0180. The van der Waals surface area contributed by atoms with Gasteiger partial charge in [-0.05, 0) is 19.9 Å².